The second-order valence-corrected chi connectivity index (χ2v) is 7.48. The van der Waals surface area contributed by atoms with Gasteiger partial charge in [-0.2, -0.15) is 0 Å². The topological polar surface area (TPSA) is 51.0 Å². The van der Waals surface area contributed by atoms with Crippen LogP contribution >= 0.6 is 0 Å². The number of aryl methyl sites for hydroxylation is 1. The lowest BCUT2D eigenvalue weighted by Gasteiger charge is -2.40. The third kappa shape index (κ3) is 3.67. The fraction of sp³-hybridized carbons (Fsp3) is 0.833. The first-order valence-corrected chi connectivity index (χ1v) is 9.34. The predicted molar refractivity (Wildman–Crippen MR) is 89.6 cm³/mol. The highest BCUT2D eigenvalue weighted by Crippen LogP contribution is 2.38. The second-order valence-electron chi connectivity index (χ2n) is 7.48. The summed E-state index contributed by atoms with van der Waals surface area (Å²) in [5.74, 6) is 1.53. The van der Waals surface area contributed by atoms with Crippen LogP contribution in [-0.2, 0) is 16.0 Å². The maximum Gasteiger partial charge on any atom is 0.181 e. The molecule has 1 spiro atoms. The summed E-state index contributed by atoms with van der Waals surface area (Å²) in [6.45, 7) is 10.2. The van der Waals surface area contributed by atoms with Crippen molar-refractivity contribution in [3.8, 4) is 0 Å². The fourth-order valence-corrected chi connectivity index (χ4v) is 4.27. The molecule has 0 atom stereocenters. The van der Waals surface area contributed by atoms with Crippen LogP contribution in [0.5, 0.6) is 0 Å². The summed E-state index contributed by atoms with van der Waals surface area (Å²) in [7, 11) is 0. The Bertz CT molecular complexity index is 523. The van der Waals surface area contributed by atoms with Crippen LogP contribution in [0.25, 0.3) is 0 Å². The highest BCUT2D eigenvalue weighted by atomic mass is 16.7. The Hall–Kier alpha value is -0.950. The van der Waals surface area contributed by atoms with E-state index in [9.17, 15) is 0 Å². The minimum absolute atomic E-state index is 0.218. The quantitative estimate of drug-likeness (QED) is 0.839. The van der Waals surface area contributed by atoms with Crippen molar-refractivity contribution < 1.29 is 13.9 Å². The largest absolute Gasteiger partial charge is 0.448 e. The average Bonchev–Trinajstić information content (AvgIpc) is 3.22. The zero-order valence-corrected chi connectivity index (χ0v) is 14.7. The molecule has 1 aliphatic carbocycles. The first-order valence-electron chi connectivity index (χ1n) is 9.34. The molecule has 6 nitrogen and oxygen atoms in total. The summed E-state index contributed by atoms with van der Waals surface area (Å²) in [6, 6.07) is 0. The van der Waals surface area contributed by atoms with Crippen LogP contribution in [0, 0.1) is 12.8 Å². The highest BCUT2D eigenvalue weighted by Gasteiger charge is 2.40. The Morgan fingerprint density at radius 1 is 1.08 bits per heavy atom. The van der Waals surface area contributed by atoms with Gasteiger partial charge in [0.25, 0.3) is 0 Å². The van der Waals surface area contributed by atoms with E-state index in [1.807, 2.05) is 6.92 Å². The number of hydrogen-bond acceptors (Lipinski definition) is 6. The van der Waals surface area contributed by atoms with E-state index in [1.165, 1.54) is 19.4 Å². The van der Waals surface area contributed by atoms with Gasteiger partial charge in [0.1, 0.15) is 5.76 Å². The lowest BCUT2D eigenvalue weighted by atomic mass is 9.84. The van der Waals surface area contributed by atoms with Gasteiger partial charge >= 0.3 is 0 Å². The number of oxazole rings is 1. The van der Waals surface area contributed by atoms with E-state index in [1.54, 1.807) is 6.39 Å². The first kappa shape index (κ1) is 16.5. The first-order chi connectivity index (χ1) is 11.7. The molecule has 0 bridgehead atoms. The van der Waals surface area contributed by atoms with Crippen molar-refractivity contribution in [1.29, 1.82) is 0 Å². The molecule has 2 aliphatic heterocycles. The van der Waals surface area contributed by atoms with Crippen LogP contribution < -0.4 is 0 Å². The molecular formula is C18H29N3O3. The van der Waals surface area contributed by atoms with Gasteiger partial charge in [0.15, 0.2) is 12.2 Å². The number of aromatic nitrogens is 1. The van der Waals surface area contributed by atoms with Crippen LogP contribution in [0.4, 0.5) is 0 Å². The molecule has 3 aliphatic rings. The maximum absolute atomic E-state index is 5.84. The molecule has 2 saturated heterocycles. The van der Waals surface area contributed by atoms with Crippen LogP contribution in [-0.4, -0.2) is 66.5 Å². The molecule has 6 heteroatoms. The van der Waals surface area contributed by atoms with Crippen LogP contribution in [0.3, 0.4) is 0 Å². The molecule has 0 N–H and O–H groups in total. The van der Waals surface area contributed by atoms with E-state index >= 15 is 0 Å². The summed E-state index contributed by atoms with van der Waals surface area (Å²) in [5, 5.41) is 0. The van der Waals surface area contributed by atoms with Crippen molar-refractivity contribution in [3.05, 3.63) is 17.8 Å². The molecule has 0 amide bonds. The lowest BCUT2D eigenvalue weighted by molar-refractivity contribution is -0.183. The van der Waals surface area contributed by atoms with Crippen molar-refractivity contribution in [1.82, 2.24) is 14.8 Å². The smallest absolute Gasteiger partial charge is 0.181 e. The number of hydrogen-bond donors (Lipinski definition) is 0. The Kier molecular flexibility index (Phi) is 4.90. The van der Waals surface area contributed by atoms with Crippen molar-refractivity contribution >= 4 is 0 Å². The van der Waals surface area contributed by atoms with Crippen LogP contribution in [0.1, 0.15) is 37.1 Å². The van der Waals surface area contributed by atoms with Gasteiger partial charge in [-0.05, 0) is 25.7 Å². The lowest BCUT2D eigenvalue weighted by Crippen LogP contribution is -2.48. The Labute approximate surface area is 144 Å². The zero-order chi connectivity index (χ0) is 16.4. The second kappa shape index (κ2) is 7.12. The van der Waals surface area contributed by atoms with Gasteiger partial charge in [0, 0.05) is 52.1 Å². The van der Waals surface area contributed by atoms with E-state index in [4.69, 9.17) is 13.9 Å². The van der Waals surface area contributed by atoms with Crippen molar-refractivity contribution in [2.24, 2.45) is 5.92 Å². The Balaban J connectivity index is 1.19. The van der Waals surface area contributed by atoms with Crippen LogP contribution in [0.15, 0.2) is 10.8 Å². The minimum atomic E-state index is -0.218. The highest BCUT2D eigenvalue weighted by molar-refractivity contribution is 5.04. The molecule has 0 unspecified atom stereocenters. The molecular weight excluding hydrogens is 306 g/mol. The Morgan fingerprint density at radius 2 is 1.75 bits per heavy atom. The molecule has 1 aromatic rings. The molecule has 24 heavy (non-hydrogen) atoms. The molecule has 3 fully saturated rings. The van der Waals surface area contributed by atoms with E-state index in [2.05, 4.69) is 14.8 Å². The summed E-state index contributed by atoms with van der Waals surface area (Å²) < 4.78 is 17.0. The van der Waals surface area contributed by atoms with Gasteiger partial charge in [-0.15, -0.1) is 0 Å². The van der Waals surface area contributed by atoms with Crippen molar-refractivity contribution in [3.63, 3.8) is 0 Å². The average molecular weight is 335 g/mol. The normalized spacial score (nSPS) is 26.4. The number of ether oxygens (including phenoxy) is 2. The number of nitrogens with zero attached hydrogens (tertiary/aromatic N) is 3. The van der Waals surface area contributed by atoms with E-state index in [0.29, 0.717) is 0 Å². The van der Waals surface area contributed by atoms with Gasteiger partial charge < -0.3 is 18.8 Å². The molecule has 0 aromatic carbocycles. The van der Waals surface area contributed by atoms with Crippen LogP contribution in [0.2, 0.25) is 0 Å². The standard InChI is InChI=1S/C18H29N3O3/c1-15-17(19-14-22-15)13-21-8-6-20(7-9-21)12-16-2-4-18(5-3-16)23-10-11-24-18/h14,16H,2-13H2,1H3. The van der Waals surface area contributed by atoms with Crippen molar-refractivity contribution in [2.45, 2.75) is 44.9 Å². The molecule has 1 saturated carbocycles. The molecule has 4 rings (SSSR count). The molecule has 1 aromatic heterocycles. The minimum Gasteiger partial charge on any atom is -0.448 e. The van der Waals surface area contributed by atoms with Gasteiger partial charge in [0.2, 0.25) is 0 Å². The Morgan fingerprint density at radius 3 is 2.38 bits per heavy atom. The summed E-state index contributed by atoms with van der Waals surface area (Å²) in [4.78, 5) is 9.43. The fourth-order valence-electron chi connectivity index (χ4n) is 4.27. The third-order valence-corrected chi connectivity index (χ3v) is 5.88. The predicted octanol–water partition coefficient (Wildman–Crippen LogP) is 2.03. The van der Waals surface area contributed by atoms with Gasteiger partial charge in [-0.1, -0.05) is 0 Å². The van der Waals surface area contributed by atoms with Gasteiger partial charge in [-0.3, -0.25) is 4.90 Å². The monoisotopic (exact) mass is 335 g/mol. The van der Waals surface area contributed by atoms with E-state index in [0.717, 1.165) is 76.2 Å². The zero-order valence-electron chi connectivity index (χ0n) is 14.7. The number of piperazine rings is 1. The van der Waals surface area contributed by atoms with E-state index < -0.39 is 0 Å². The maximum atomic E-state index is 5.84. The molecule has 3 heterocycles. The molecule has 0 radical (unpaired) electrons. The van der Waals surface area contributed by atoms with Gasteiger partial charge in [0.05, 0.1) is 18.9 Å². The van der Waals surface area contributed by atoms with Crippen molar-refractivity contribution in [2.75, 3.05) is 45.9 Å². The third-order valence-electron chi connectivity index (χ3n) is 5.88. The van der Waals surface area contributed by atoms with E-state index in [-0.39, 0.29) is 5.79 Å². The SMILES string of the molecule is Cc1ocnc1CN1CCN(CC2CCC3(CC2)OCCO3)CC1. The summed E-state index contributed by atoms with van der Waals surface area (Å²) >= 11 is 0. The number of rotatable bonds is 4. The van der Waals surface area contributed by atoms with Gasteiger partial charge in [-0.25, -0.2) is 4.98 Å². The summed E-state index contributed by atoms with van der Waals surface area (Å²) in [5.41, 5.74) is 1.08. The summed E-state index contributed by atoms with van der Waals surface area (Å²) in [6.07, 6.45) is 6.16. The molecule has 134 valence electrons.